The quantitative estimate of drug-likeness (QED) is 0.668. The van der Waals surface area contributed by atoms with Crippen molar-refractivity contribution in [2.75, 3.05) is 7.11 Å². The molecule has 0 amide bonds. The van der Waals surface area contributed by atoms with Crippen LogP contribution in [0.5, 0.6) is 0 Å². The Morgan fingerprint density at radius 2 is 2.35 bits per heavy atom. The number of rotatable bonds is 2. The highest BCUT2D eigenvalue weighted by Crippen LogP contribution is 2.25. The van der Waals surface area contributed by atoms with Gasteiger partial charge >= 0.3 is 5.97 Å². The summed E-state index contributed by atoms with van der Waals surface area (Å²) in [7, 11) is 1.38. The second-order valence-electron chi connectivity index (χ2n) is 3.42. The number of aromatic nitrogens is 2. The number of hydrogen-bond donors (Lipinski definition) is 0. The minimum absolute atomic E-state index is 0.322. The van der Waals surface area contributed by atoms with Gasteiger partial charge in [-0.3, -0.25) is 4.40 Å². The fraction of sp³-hybridized carbons (Fsp3) is 0.0909. The average Bonchev–Trinajstić information content (AvgIpc) is 3.01. The summed E-state index contributed by atoms with van der Waals surface area (Å²) in [6, 6.07) is 2.03. The largest absolute Gasteiger partial charge is 0.465 e. The van der Waals surface area contributed by atoms with Crippen LogP contribution < -0.4 is 0 Å². The van der Waals surface area contributed by atoms with Crippen molar-refractivity contribution in [1.29, 1.82) is 0 Å². The molecule has 0 aromatic carbocycles. The molecule has 0 unspecified atom stereocenters. The van der Waals surface area contributed by atoms with E-state index < -0.39 is 0 Å². The summed E-state index contributed by atoms with van der Waals surface area (Å²) < 4.78 is 6.52. The Labute approximate surface area is 105 Å². The van der Waals surface area contributed by atoms with Gasteiger partial charge in [-0.2, -0.15) is 11.3 Å². The first-order valence-corrected chi connectivity index (χ1v) is 6.63. The molecular formula is C11H8N2O2S2. The van der Waals surface area contributed by atoms with Gasteiger partial charge in [-0.05, 0) is 11.4 Å². The van der Waals surface area contributed by atoms with E-state index in [9.17, 15) is 4.79 Å². The van der Waals surface area contributed by atoms with Gasteiger partial charge in [-0.15, -0.1) is 0 Å². The number of ether oxygens (including phenoxy) is 1. The molecule has 0 N–H and O–H groups in total. The van der Waals surface area contributed by atoms with Crippen molar-refractivity contribution < 1.29 is 9.53 Å². The first-order valence-electron chi connectivity index (χ1n) is 4.87. The number of esters is 1. The number of nitrogens with zero attached hydrogens (tertiary/aromatic N) is 2. The van der Waals surface area contributed by atoms with Crippen LogP contribution in [0.1, 0.15) is 9.67 Å². The van der Waals surface area contributed by atoms with E-state index in [4.69, 9.17) is 0 Å². The molecule has 0 saturated heterocycles. The van der Waals surface area contributed by atoms with Crippen molar-refractivity contribution in [1.82, 2.24) is 9.38 Å². The van der Waals surface area contributed by atoms with Crippen molar-refractivity contribution >= 4 is 33.6 Å². The first-order chi connectivity index (χ1) is 8.28. The summed E-state index contributed by atoms with van der Waals surface area (Å²) in [4.78, 5) is 17.2. The lowest BCUT2D eigenvalue weighted by molar-refractivity contribution is 0.0606. The highest BCUT2D eigenvalue weighted by molar-refractivity contribution is 7.18. The number of fused-ring (bicyclic) bond motifs is 1. The normalized spacial score (nSPS) is 10.9. The molecule has 0 saturated carbocycles. The Morgan fingerprint density at radius 3 is 3.00 bits per heavy atom. The zero-order chi connectivity index (χ0) is 11.8. The number of imidazole rings is 1. The molecule has 86 valence electrons. The second-order valence-corrected chi connectivity index (χ2v) is 5.20. The minimum Gasteiger partial charge on any atom is -0.465 e. The summed E-state index contributed by atoms with van der Waals surface area (Å²) in [6.45, 7) is 0. The molecule has 0 aliphatic carbocycles. The van der Waals surface area contributed by atoms with Crippen molar-refractivity contribution in [2.45, 2.75) is 0 Å². The molecule has 17 heavy (non-hydrogen) atoms. The lowest BCUT2D eigenvalue weighted by Gasteiger charge is -1.91. The second kappa shape index (κ2) is 3.97. The van der Waals surface area contributed by atoms with Crippen LogP contribution in [0, 0.1) is 0 Å². The molecule has 0 aliphatic rings. The molecule has 0 fully saturated rings. The van der Waals surface area contributed by atoms with Crippen molar-refractivity contribution in [2.24, 2.45) is 0 Å². The van der Waals surface area contributed by atoms with Crippen LogP contribution in [-0.2, 0) is 4.74 Å². The zero-order valence-electron chi connectivity index (χ0n) is 8.91. The third-order valence-corrected chi connectivity index (χ3v) is 4.02. The van der Waals surface area contributed by atoms with Gasteiger partial charge in [0, 0.05) is 23.3 Å². The van der Waals surface area contributed by atoms with Crippen LogP contribution in [-0.4, -0.2) is 22.5 Å². The molecule has 0 bridgehead atoms. The van der Waals surface area contributed by atoms with Crippen LogP contribution >= 0.6 is 22.7 Å². The van der Waals surface area contributed by atoms with Gasteiger partial charge in [0.05, 0.1) is 12.8 Å². The maximum Gasteiger partial charge on any atom is 0.349 e. The Morgan fingerprint density at radius 1 is 1.47 bits per heavy atom. The van der Waals surface area contributed by atoms with E-state index in [-0.39, 0.29) is 5.97 Å². The third-order valence-electron chi connectivity index (χ3n) is 2.36. The maximum atomic E-state index is 11.3. The van der Waals surface area contributed by atoms with Gasteiger partial charge in [-0.25, -0.2) is 9.78 Å². The van der Waals surface area contributed by atoms with E-state index in [1.807, 2.05) is 27.4 Å². The van der Waals surface area contributed by atoms with E-state index in [1.165, 1.54) is 18.4 Å². The summed E-state index contributed by atoms with van der Waals surface area (Å²) in [5.74, 6) is -0.322. The van der Waals surface area contributed by atoms with Gasteiger partial charge < -0.3 is 4.74 Å². The molecule has 3 aromatic heterocycles. The number of carbonyl (C=O) groups excluding carboxylic acids is 1. The molecule has 0 radical (unpaired) electrons. The number of methoxy groups -OCH3 is 1. The van der Waals surface area contributed by atoms with Crippen LogP contribution in [0.3, 0.4) is 0 Å². The average molecular weight is 264 g/mol. The topological polar surface area (TPSA) is 43.6 Å². The summed E-state index contributed by atoms with van der Waals surface area (Å²) in [5.41, 5.74) is 2.03. The fourth-order valence-electron chi connectivity index (χ4n) is 1.54. The van der Waals surface area contributed by atoms with Crippen LogP contribution in [0.25, 0.3) is 16.2 Å². The number of thiophene rings is 1. The van der Waals surface area contributed by atoms with E-state index in [1.54, 1.807) is 17.5 Å². The SMILES string of the molecule is COC(=O)c1cn2cc(-c3ccsc3)nc2s1. The fourth-order valence-corrected chi connectivity index (χ4v) is 3.07. The number of carbonyl (C=O) groups is 1. The van der Waals surface area contributed by atoms with E-state index >= 15 is 0 Å². The van der Waals surface area contributed by atoms with Gasteiger partial charge in [0.1, 0.15) is 4.88 Å². The highest BCUT2D eigenvalue weighted by Gasteiger charge is 2.13. The Bertz CT molecular complexity index is 635. The summed E-state index contributed by atoms with van der Waals surface area (Å²) in [6.07, 6.45) is 3.66. The van der Waals surface area contributed by atoms with Crippen molar-refractivity contribution in [3.63, 3.8) is 0 Å². The van der Waals surface area contributed by atoms with E-state index in [2.05, 4.69) is 9.72 Å². The van der Waals surface area contributed by atoms with Crippen LogP contribution in [0.4, 0.5) is 0 Å². The minimum atomic E-state index is -0.322. The van der Waals surface area contributed by atoms with Crippen molar-refractivity contribution in [3.8, 4) is 11.3 Å². The van der Waals surface area contributed by atoms with E-state index in [0.717, 1.165) is 16.2 Å². The lowest BCUT2D eigenvalue weighted by Crippen LogP contribution is -1.97. The Hall–Kier alpha value is -1.66. The molecule has 3 heterocycles. The van der Waals surface area contributed by atoms with Gasteiger partial charge in [-0.1, -0.05) is 11.3 Å². The van der Waals surface area contributed by atoms with Gasteiger partial charge in [0.2, 0.25) is 0 Å². The molecule has 4 nitrogen and oxygen atoms in total. The predicted molar refractivity (Wildman–Crippen MR) is 67.7 cm³/mol. The standard InChI is InChI=1S/C11H8N2O2S2/c1-15-10(14)9-5-13-4-8(12-11(13)17-9)7-2-3-16-6-7/h2-6H,1H3. The zero-order valence-corrected chi connectivity index (χ0v) is 10.5. The number of thiazole rings is 1. The first kappa shape index (κ1) is 10.5. The Kier molecular flexibility index (Phi) is 2.45. The summed E-state index contributed by atoms with van der Waals surface area (Å²) >= 11 is 2.97. The monoisotopic (exact) mass is 264 g/mol. The van der Waals surface area contributed by atoms with Crippen molar-refractivity contribution in [3.05, 3.63) is 34.1 Å². The van der Waals surface area contributed by atoms with Gasteiger partial charge in [0.15, 0.2) is 4.96 Å². The highest BCUT2D eigenvalue weighted by atomic mass is 32.1. The maximum absolute atomic E-state index is 11.3. The van der Waals surface area contributed by atoms with Crippen LogP contribution in [0.2, 0.25) is 0 Å². The van der Waals surface area contributed by atoms with Gasteiger partial charge in [0.25, 0.3) is 0 Å². The molecule has 0 aliphatic heterocycles. The molecule has 0 spiro atoms. The van der Waals surface area contributed by atoms with E-state index in [0.29, 0.717) is 4.88 Å². The molecule has 3 rings (SSSR count). The van der Waals surface area contributed by atoms with Crippen LogP contribution in [0.15, 0.2) is 29.2 Å². The molecule has 0 atom stereocenters. The molecule has 6 heteroatoms. The molecular weight excluding hydrogens is 256 g/mol. The smallest absolute Gasteiger partial charge is 0.349 e. The summed E-state index contributed by atoms with van der Waals surface area (Å²) in [5, 5.41) is 4.07. The predicted octanol–water partition coefficient (Wildman–Crippen LogP) is 2.91. The Balaban J connectivity index is 2.05. The molecule has 3 aromatic rings. The lowest BCUT2D eigenvalue weighted by atomic mass is 10.3. The number of hydrogen-bond acceptors (Lipinski definition) is 5. The third kappa shape index (κ3) is 1.75.